The average molecular weight is 510 g/mol. The molecule has 1 fully saturated rings. The molecule has 0 spiro atoms. The second-order valence-electron chi connectivity index (χ2n) is 6.87. The molecular formula is C21H31IN6O. The lowest BCUT2D eigenvalue weighted by atomic mass is 10.1. The van der Waals surface area contributed by atoms with Crippen LogP contribution in [0.3, 0.4) is 0 Å². The van der Waals surface area contributed by atoms with E-state index in [4.69, 9.17) is 4.74 Å². The molecule has 0 aromatic carbocycles. The van der Waals surface area contributed by atoms with Gasteiger partial charge < -0.3 is 20.3 Å². The van der Waals surface area contributed by atoms with Crippen molar-refractivity contribution in [2.75, 3.05) is 31.6 Å². The normalized spacial score (nSPS) is 14.8. The summed E-state index contributed by atoms with van der Waals surface area (Å²) in [7, 11) is 1.80. The SMILES string of the molecule is CCCOc1ccc(CNC(=NC)NC2CCN(c3ccccn3)CC2)cn1.I. The van der Waals surface area contributed by atoms with Crippen LogP contribution in [-0.2, 0) is 6.54 Å². The molecule has 0 atom stereocenters. The van der Waals surface area contributed by atoms with Crippen LogP contribution < -0.4 is 20.3 Å². The predicted molar refractivity (Wildman–Crippen MR) is 128 cm³/mol. The monoisotopic (exact) mass is 510 g/mol. The van der Waals surface area contributed by atoms with Crippen LogP contribution in [0, 0.1) is 0 Å². The van der Waals surface area contributed by atoms with Crippen LogP contribution in [-0.4, -0.2) is 48.7 Å². The summed E-state index contributed by atoms with van der Waals surface area (Å²) < 4.78 is 5.52. The Hall–Kier alpha value is -2.10. The lowest BCUT2D eigenvalue weighted by molar-refractivity contribution is 0.305. The minimum Gasteiger partial charge on any atom is -0.478 e. The van der Waals surface area contributed by atoms with Crippen molar-refractivity contribution in [3.63, 3.8) is 0 Å². The molecule has 2 aromatic rings. The molecule has 0 bridgehead atoms. The summed E-state index contributed by atoms with van der Waals surface area (Å²) in [4.78, 5) is 15.5. The molecule has 2 N–H and O–H groups in total. The van der Waals surface area contributed by atoms with E-state index >= 15 is 0 Å². The van der Waals surface area contributed by atoms with E-state index < -0.39 is 0 Å². The molecule has 1 aliphatic heterocycles. The first-order valence-corrected chi connectivity index (χ1v) is 9.99. The lowest BCUT2D eigenvalue weighted by Crippen LogP contribution is -2.48. The van der Waals surface area contributed by atoms with Gasteiger partial charge in [-0.15, -0.1) is 24.0 Å². The number of aliphatic imine (C=N–C) groups is 1. The van der Waals surface area contributed by atoms with Gasteiger partial charge in [0, 0.05) is 51.2 Å². The maximum Gasteiger partial charge on any atom is 0.213 e. The molecule has 0 radical (unpaired) electrons. The van der Waals surface area contributed by atoms with Gasteiger partial charge in [0.1, 0.15) is 5.82 Å². The summed E-state index contributed by atoms with van der Waals surface area (Å²) in [6, 6.07) is 10.4. The lowest BCUT2D eigenvalue weighted by Gasteiger charge is -2.33. The summed E-state index contributed by atoms with van der Waals surface area (Å²) in [6.07, 6.45) is 6.79. The molecule has 3 rings (SSSR count). The number of rotatable bonds is 7. The molecular weight excluding hydrogens is 479 g/mol. The molecule has 0 saturated carbocycles. The number of pyridine rings is 2. The van der Waals surface area contributed by atoms with Crippen molar-refractivity contribution in [1.29, 1.82) is 0 Å². The van der Waals surface area contributed by atoms with E-state index in [1.807, 2.05) is 36.7 Å². The molecule has 2 aromatic heterocycles. The van der Waals surface area contributed by atoms with Gasteiger partial charge in [0.15, 0.2) is 5.96 Å². The quantitative estimate of drug-likeness (QED) is 0.339. The van der Waals surface area contributed by atoms with E-state index in [-0.39, 0.29) is 24.0 Å². The highest BCUT2D eigenvalue weighted by atomic mass is 127. The standard InChI is InChI=1S/C21H30N6O.HI/c1-3-14-28-20-8-7-17(15-24-20)16-25-21(22-2)26-18-9-12-27(13-10-18)19-6-4-5-11-23-19;/h4-8,11,15,18H,3,9-10,12-14,16H2,1-2H3,(H2,22,25,26);1H. The Kier molecular flexibility index (Phi) is 9.96. The Morgan fingerprint density at radius 2 is 2.03 bits per heavy atom. The third-order valence-corrected chi connectivity index (χ3v) is 4.74. The minimum atomic E-state index is 0. The van der Waals surface area contributed by atoms with Gasteiger partial charge in [-0.25, -0.2) is 9.97 Å². The number of aromatic nitrogens is 2. The zero-order valence-electron chi connectivity index (χ0n) is 17.2. The van der Waals surface area contributed by atoms with Gasteiger partial charge in [0.25, 0.3) is 0 Å². The molecule has 158 valence electrons. The summed E-state index contributed by atoms with van der Waals surface area (Å²) in [5, 5.41) is 6.90. The van der Waals surface area contributed by atoms with E-state index in [9.17, 15) is 0 Å². The van der Waals surface area contributed by atoms with Crippen molar-refractivity contribution in [3.8, 4) is 5.88 Å². The van der Waals surface area contributed by atoms with Crippen molar-refractivity contribution in [3.05, 3.63) is 48.3 Å². The molecule has 7 nitrogen and oxygen atoms in total. The topological polar surface area (TPSA) is 74.7 Å². The highest BCUT2D eigenvalue weighted by Crippen LogP contribution is 2.17. The zero-order valence-corrected chi connectivity index (χ0v) is 19.5. The van der Waals surface area contributed by atoms with E-state index in [2.05, 4.69) is 43.5 Å². The molecule has 0 aliphatic carbocycles. The van der Waals surface area contributed by atoms with Crippen molar-refractivity contribution in [2.24, 2.45) is 4.99 Å². The number of ether oxygens (including phenoxy) is 1. The third kappa shape index (κ3) is 7.34. The Morgan fingerprint density at radius 1 is 1.21 bits per heavy atom. The first-order chi connectivity index (χ1) is 13.8. The largest absolute Gasteiger partial charge is 0.478 e. The summed E-state index contributed by atoms with van der Waals surface area (Å²) in [5.74, 6) is 2.55. The average Bonchev–Trinajstić information content (AvgIpc) is 2.77. The fraction of sp³-hybridized carbons (Fsp3) is 0.476. The van der Waals surface area contributed by atoms with E-state index in [1.54, 1.807) is 7.05 Å². The van der Waals surface area contributed by atoms with Crippen LogP contribution in [0.25, 0.3) is 0 Å². The fourth-order valence-corrected chi connectivity index (χ4v) is 3.18. The molecule has 0 unspecified atom stereocenters. The smallest absolute Gasteiger partial charge is 0.213 e. The van der Waals surface area contributed by atoms with Crippen LogP contribution >= 0.6 is 24.0 Å². The Balaban J connectivity index is 0.00000300. The number of halogens is 1. The van der Waals surface area contributed by atoms with Crippen LogP contribution in [0.1, 0.15) is 31.7 Å². The fourth-order valence-electron chi connectivity index (χ4n) is 3.18. The van der Waals surface area contributed by atoms with Crippen LogP contribution in [0.15, 0.2) is 47.7 Å². The van der Waals surface area contributed by atoms with E-state index in [0.717, 1.165) is 49.7 Å². The van der Waals surface area contributed by atoms with Gasteiger partial charge in [-0.1, -0.05) is 19.1 Å². The van der Waals surface area contributed by atoms with Gasteiger partial charge >= 0.3 is 0 Å². The number of nitrogens with one attached hydrogen (secondary N) is 2. The first-order valence-electron chi connectivity index (χ1n) is 9.99. The zero-order chi connectivity index (χ0) is 19.6. The number of nitrogens with zero attached hydrogens (tertiary/aromatic N) is 4. The van der Waals surface area contributed by atoms with Gasteiger partial charge in [-0.2, -0.15) is 0 Å². The Labute approximate surface area is 190 Å². The summed E-state index contributed by atoms with van der Waals surface area (Å²) in [6.45, 7) is 5.44. The number of hydrogen-bond donors (Lipinski definition) is 2. The molecule has 1 saturated heterocycles. The first kappa shape index (κ1) is 23.2. The highest BCUT2D eigenvalue weighted by Gasteiger charge is 2.20. The molecule has 0 amide bonds. The molecule has 29 heavy (non-hydrogen) atoms. The maximum absolute atomic E-state index is 5.52. The number of piperidine rings is 1. The van der Waals surface area contributed by atoms with Crippen LogP contribution in [0.5, 0.6) is 5.88 Å². The van der Waals surface area contributed by atoms with Gasteiger partial charge in [0.2, 0.25) is 5.88 Å². The predicted octanol–water partition coefficient (Wildman–Crippen LogP) is 3.22. The van der Waals surface area contributed by atoms with Crippen molar-refractivity contribution in [1.82, 2.24) is 20.6 Å². The number of hydrogen-bond acceptors (Lipinski definition) is 5. The van der Waals surface area contributed by atoms with E-state index in [0.29, 0.717) is 25.1 Å². The van der Waals surface area contributed by atoms with Gasteiger partial charge in [-0.3, -0.25) is 4.99 Å². The van der Waals surface area contributed by atoms with Crippen LogP contribution in [0.2, 0.25) is 0 Å². The maximum atomic E-state index is 5.52. The third-order valence-electron chi connectivity index (χ3n) is 4.74. The molecule has 1 aliphatic rings. The van der Waals surface area contributed by atoms with Crippen molar-refractivity contribution >= 4 is 35.8 Å². The second kappa shape index (κ2) is 12.5. The Bertz CT molecular complexity index is 733. The second-order valence-corrected chi connectivity index (χ2v) is 6.87. The number of anilines is 1. The Morgan fingerprint density at radius 3 is 2.66 bits per heavy atom. The highest BCUT2D eigenvalue weighted by molar-refractivity contribution is 14.0. The molecule has 3 heterocycles. The summed E-state index contributed by atoms with van der Waals surface area (Å²) in [5.41, 5.74) is 1.09. The summed E-state index contributed by atoms with van der Waals surface area (Å²) >= 11 is 0. The number of guanidine groups is 1. The minimum absolute atomic E-state index is 0. The van der Waals surface area contributed by atoms with Gasteiger partial charge in [0.05, 0.1) is 6.61 Å². The molecule has 8 heteroatoms. The van der Waals surface area contributed by atoms with Crippen molar-refractivity contribution in [2.45, 2.75) is 38.8 Å². The van der Waals surface area contributed by atoms with Crippen molar-refractivity contribution < 1.29 is 4.74 Å². The van der Waals surface area contributed by atoms with E-state index in [1.165, 1.54) is 0 Å². The van der Waals surface area contributed by atoms with Gasteiger partial charge in [-0.05, 0) is 37.0 Å². The van der Waals surface area contributed by atoms with Crippen LogP contribution in [0.4, 0.5) is 5.82 Å².